The van der Waals surface area contributed by atoms with Crippen molar-refractivity contribution in [2.45, 2.75) is 32.6 Å². The molecule has 1 radical (unpaired) electrons. The molecule has 0 saturated heterocycles. The lowest BCUT2D eigenvalue weighted by Crippen LogP contribution is -1.81. The third kappa shape index (κ3) is 8.35. The highest BCUT2D eigenvalue weighted by Gasteiger charge is 1.85. The Balaban J connectivity index is 2.60. The van der Waals surface area contributed by atoms with Crippen molar-refractivity contribution in [3.63, 3.8) is 0 Å². The summed E-state index contributed by atoms with van der Waals surface area (Å²) in [6, 6.07) is 0. The van der Waals surface area contributed by atoms with Crippen molar-refractivity contribution in [3.05, 3.63) is 6.92 Å². The Kier molecular flexibility index (Phi) is 8.67. The Morgan fingerprint density at radius 3 is 2.56 bits per heavy atom. The fraction of sp³-hybridized carbons (Fsp3) is 0.875. The summed E-state index contributed by atoms with van der Waals surface area (Å²) in [4.78, 5) is 0. The van der Waals surface area contributed by atoms with E-state index in [1.165, 1.54) is 30.8 Å². The van der Waals surface area contributed by atoms with Gasteiger partial charge < -0.3 is 0 Å². The standard InChI is InChI=1S/C8H17S/c1-3-5-6-8-9-7-4-2/h2-8H2,1H3. The Labute approximate surface area is 63.4 Å². The van der Waals surface area contributed by atoms with Crippen LogP contribution in [0.2, 0.25) is 0 Å². The maximum absolute atomic E-state index is 3.78. The average molecular weight is 145 g/mol. The normalized spacial score (nSPS) is 10.0. The van der Waals surface area contributed by atoms with E-state index in [-0.39, 0.29) is 0 Å². The zero-order valence-electron chi connectivity index (χ0n) is 6.36. The van der Waals surface area contributed by atoms with Gasteiger partial charge in [-0.2, -0.15) is 11.8 Å². The molecular formula is C8H17S. The topological polar surface area (TPSA) is 0 Å². The minimum Gasteiger partial charge on any atom is -0.162 e. The lowest BCUT2D eigenvalue weighted by molar-refractivity contribution is 0.778. The maximum Gasteiger partial charge on any atom is -0.00675 e. The second kappa shape index (κ2) is 8.35. The number of hydrogen-bond acceptors (Lipinski definition) is 1. The number of unbranched alkanes of at least 4 members (excludes halogenated alkanes) is 2. The van der Waals surface area contributed by atoms with Gasteiger partial charge in [0.25, 0.3) is 0 Å². The highest BCUT2D eigenvalue weighted by atomic mass is 32.2. The second-order valence-electron chi connectivity index (χ2n) is 2.17. The molecule has 0 saturated carbocycles. The van der Waals surface area contributed by atoms with E-state index in [9.17, 15) is 0 Å². The number of thioether (sulfide) groups is 1. The summed E-state index contributed by atoms with van der Waals surface area (Å²) in [7, 11) is 0. The molecule has 55 valence electrons. The molecule has 0 aromatic carbocycles. The molecule has 0 bridgehead atoms. The minimum atomic E-state index is 1.08. The highest BCUT2D eigenvalue weighted by Crippen LogP contribution is 2.06. The highest BCUT2D eigenvalue weighted by molar-refractivity contribution is 7.99. The van der Waals surface area contributed by atoms with Gasteiger partial charge in [0.05, 0.1) is 0 Å². The summed E-state index contributed by atoms with van der Waals surface area (Å²) >= 11 is 2.03. The van der Waals surface area contributed by atoms with Crippen LogP contribution >= 0.6 is 11.8 Å². The summed E-state index contributed by atoms with van der Waals surface area (Å²) in [5.41, 5.74) is 0. The van der Waals surface area contributed by atoms with Crippen LogP contribution < -0.4 is 0 Å². The van der Waals surface area contributed by atoms with Crippen molar-refractivity contribution in [1.29, 1.82) is 0 Å². The summed E-state index contributed by atoms with van der Waals surface area (Å²) in [6.07, 6.45) is 5.20. The first-order valence-corrected chi connectivity index (χ1v) is 4.94. The molecule has 0 heterocycles. The SMILES string of the molecule is [CH2]CCSCCCCC. The molecule has 0 aliphatic rings. The fourth-order valence-electron chi connectivity index (χ4n) is 0.658. The van der Waals surface area contributed by atoms with Crippen molar-refractivity contribution in [2.75, 3.05) is 11.5 Å². The molecule has 9 heavy (non-hydrogen) atoms. The molecule has 1 heteroatoms. The molecule has 0 fully saturated rings. The number of hydrogen-bond donors (Lipinski definition) is 0. The monoisotopic (exact) mass is 145 g/mol. The first-order valence-electron chi connectivity index (χ1n) is 3.78. The summed E-state index contributed by atoms with van der Waals surface area (Å²) in [6.45, 7) is 6.02. The van der Waals surface area contributed by atoms with Crippen molar-refractivity contribution in [2.24, 2.45) is 0 Å². The molecular weight excluding hydrogens is 128 g/mol. The third-order valence-corrected chi connectivity index (χ3v) is 2.34. The molecule has 0 aliphatic carbocycles. The van der Waals surface area contributed by atoms with E-state index in [1.807, 2.05) is 11.8 Å². The van der Waals surface area contributed by atoms with Gasteiger partial charge in [-0.15, -0.1) is 0 Å². The predicted octanol–water partition coefficient (Wildman–Crippen LogP) is 3.13. The van der Waals surface area contributed by atoms with E-state index in [0.717, 1.165) is 6.42 Å². The molecule has 0 aromatic heterocycles. The van der Waals surface area contributed by atoms with Crippen molar-refractivity contribution >= 4 is 11.8 Å². The van der Waals surface area contributed by atoms with Gasteiger partial charge in [-0.25, -0.2) is 0 Å². The summed E-state index contributed by atoms with van der Waals surface area (Å²) in [5, 5.41) is 0. The molecule has 0 spiro atoms. The molecule has 0 nitrogen and oxygen atoms in total. The molecule has 0 atom stereocenters. The zero-order valence-corrected chi connectivity index (χ0v) is 7.17. The van der Waals surface area contributed by atoms with Crippen LogP contribution in [0.1, 0.15) is 32.6 Å². The first kappa shape index (κ1) is 9.35. The van der Waals surface area contributed by atoms with E-state index in [4.69, 9.17) is 0 Å². The zero-order chi connectivity index (χ0) is 6.95. The van der Waals surface area contributed by atoms with Crippen molar-refractivity contribution < 1.29 is 0 Å². The van der Waals surface area contributed by atoms with Crippen LogP contribution in [0, 0.1) is 6.92 Å². The van der Waals surface area contributed by atoms with Crippen molar-refractivity contribution in [3.8, 4) is 0 Å². The van der Waals surface area contributed by atoms with Gasteiger partial charge in [0, 0.05) is 0 Å². The third-order valence-electron chi connectivity index (χ3n) is 1.18. The molecule has 0 unspecified atom stereocenters. The summed E-state index contributed by atoms with van der Waals surface area (Å²) < 4.78 is 0. The van der Waals surface area contributed by atoms with Crippen LogP contribution in [0.25, 0.3) is 0 Å². The number of rotatable bonds is 6. The smallest absolute Gasteiger partial charge is 0.00675 e. The molecule has 0 N–H and O–H groups in total. The van der Waals surface area contributed by atoms with E-state index in [2.05, 4.69) is 13.8 Å². The van der Waals surface area contributed by atoms with Crippen molar-refractivity contribution in [1.82, 2.24) is 0 Å². The lowest BCUT2D eigenvalue weighted by Gasteiger charge is -1.96. The fourth-order valence-corrected chi connectivity index (χ4v) is 1.47. The van der Waals surface area contributed by atoms with Gasteiger partial charge >= 0.3 is 0 Å². The summed E-state index contributed by atoms with van der Waals surface area (Å²) in [5.74, 6) is 2.58. The van der Waals surface area contributed by atoms with Crippen LogP contribution in [-0.2, 0) is 0 Å². The Morgan fingerprint density at radius 2 is 2.00 bits per heavy atom. The van der Waals surface area contributed by atoms with Crippen LogP contribution in [0.3, 0.4) is 0 Å². The van der Waals surface area contributed by atoms with E-state index in [0.29, 0.717) is 0 Å². The molecule has 0 aliphatic heterocycles. The molecule has 0 rings (SSSR count). The maximum atomic E-state index is 3.78. The average Bonchev–Trinajstić information content (AvgIpc) is 1.89. The molecule has 0 amide bonds. The van der Waals surface area contributed by atoms with Crippen LogP contribution in [0.4, 0.5) is 0 Å². The van der Waals surface area contributed by atoms with Gasteiger partial charge in [0.1, 0.15) is 0 Å². The van der Waals surface area contributed by atoms with Gasteiger partial charge in [0.15, 0.2) is 0 Å². The Morgan fingerprint density at radius 1 is 1.22 bits per heavy atom. The Bertz CT molecular complexity index is 37.8. The van der Waals surface area contributed by atoms with Crippen LogP contribution in [0.15, 0.2) is 0 Å². The van der Waals surface area contributed by atoms with Gasteiger partial charge in [-0.1, -0.05) is 26.7 Å². The largest absolute Gasteiger partial charge is 0.162 e. The van der Waals surface area contributed by atoms with E-state index < -0.39 is 0 Å². The van der Waals surface area contributed by atoms with Crippen LogP contribution in [-0.4, -0.2) is 11.5 Å². The molecule has 0 aromatic rings. The van der Waals surface area contributed by atoms with Gasteiger partial charge in [-0.05, 0) is 24.3 Å². The van der Waals surface area contributed by atoms with Crippen LogP contribution in [0.5, 0.6) is 0 Å². The van der Waals surface area contributed by atoms with E-state index >= 15 is 0 Å². The minimum absolute atomic E-state index is 1.08. The van der Waals surface area contributed by atoms with Gasteiger partial charge in [-0.3, -0.25) is 0 Å². The predicted molar refractivity (Wildman–Crippen MR) is 46.8 cm³/mol. The quantitative estimate of drug-likeness (QED) is 0.517. The lowest BCUT2D eigenvalue weighted by atomic mass is 10.3. The van der Waals surface area contributed by atoms with E-state index in [1.54, 1.807) is 0 Å². The second-order valence-corrected chi connectivity index (χ2v) is 3.40. The first-order chi connectivity index (χ1) is 4.41. The van der Waals surface area contributed by atoms with Gasteiger partial charge in [0.2, 0.25) is 0 Å². The Hall–Kier alpha value is 0.350.